The molecule has 0 bridgehead atoms. The zero-order valence-electron chi connectivity index (χ0n) is 12.0. The number of nitrogens with one attached hydrogen (secondary N) is 1. The zero-order valence-corrected chi connectivity index (χ0v) is 12.8. The van der Waals surface area contributed by atoms with Crippen molar-refractivity contribution in [3.8, 4) is 11.5 Å². The summed E-state index contributed by atoms with van der Waals surface area (Å²) in [4.78, 5) is 13.8. The van der Waals surface area contributed by atoms with Crippen LogP contribution in [0.4, 0.5) is 0 Å². The van der Waals surface area contributed by atoms with Crippen LogP contribution in [0.5, 0.6) is 0 Å². The van der Waals surface area contributed by atoms with Gasteiger partial charge in [0.1, 0.15) is 5.69 Å². The highest BCUT2D eigenvalue weighted by molar-refractivity contribution is 7.09. The van der Waals surface area contributed by atoms with E-state index < -0.39 is 0 Å². The summed E-state index contributed by atoms with van der Waals surface area (Å²) in [5, 5.41) is 6.69. The Morgan fingerprint density at radius 3 is 3.05 bits per heavy atom. The maximum atomic E-state index is 4.75. The van der Waals surface area contributed by atoms with Crippen molar-refractivity contribution in [3.05, 3.63) is 27.8 Å². The molecule has 2 aromatic heterocycles. The molecule has 1 atom stereocenters. The molecule has 0 amide bonds. The number of hydrogen-bond donors (Lipinski definition) is 1. The molecule has 0 saturated heterocycles. The van der Waals surface area contributed by atoms with Crippen molar-refractivity contribution in [1.82, 2.24) is 20.3 Å². The van der Waals surface area contributed by atoms with Crippen molar-refractivity contribution in [3.63, 3.8) is 0 Å². The minimum absolute atomic E-state index is 0.421. The smallest absolute Gasteiger partial charge is 0.179 e. The summed E-state index contributed by atoms with van der Waals surface area (Å²) in [6.07, 6.45) is 6.59. The third-order valence-electron chi connectivity index (χ3n) is 3.67. The molecular formula is C15H20N4S. The average Bonchev–Trinajstić information content (AvgIpc) is 2.91. The molecule has 4 nitrogen and oxygen atoms in total. The van der Waals surface area contributed by atoms with E-state index in [9.17, 15) is 0 Å². The first-order valence-electron chi connectivity index (χ1n) is 7.29. The first kappa shape index (κ1) is 13.6. The van der Waals surface area contributed by atoms with Gasteiger partial charge in [0.15, 0.2) is 5.82 Å². The van der Waals surface area contributed by atoms with Crippen molar-refractivity contribution in [1.29, 1.82) is 0 Å². The van der Waals surface area contributed by atoms with E-state index in [0.717, 1.165) is 35.9 Å². The van der Waals surface area contributed by atoms with Crippen LogP contribution >= 0.6 is 11.3 Å². The summed E-state index contributed by atoms with van der Waals surface area (Å²) >= 11 is 1.64. The van der Waals surface area contributed by atoms with Gasteiger partial charge in [-0.3, -0.25) is 0 Å². The van der Waals surface area contributed by atoms with E-state index in [1.807, 2.05) is 18.5 Å². The van der Waals surface area contributed by atoms with Crippen LogP contribution in [0.25, 0.3) is 11.5 Å². The van der Waals surface area contributed by atoms with Crippen LogP contribution in [0.15, 0.2) is 11.6 Å². The predicted molar refractivity (Wildman–Crippen MR) is 81.8 cm³/mol. The van der Waals surface area contributed by atoms with Gasteiger partial charge in [0.05, 0.1) is 5.01 Å². The molecule has 0 spiro atoms. The Labute approximate surface area is 123 Å². The molecule has 0 aliphatic heterocycles. The summed E-state index contributed by atoms with van der Waals surface area (Å²) in [5.41, 5.74) is 3.37. The van der Waals surface area contributed by atoms with Crippen LogP contribution in [0.2, 0.25) is 0 Å². The van der Waals surface area contributed by atoms with Gasteiger partial charge in [0.2, 0.25) is 0 Å². The Hall–Kier alpha value is -1.33. The lowest BCUT2D eigenvalue weighted by molar-refractivity contribution is 0.453. The lowest BCUT2D eigenvalue weighted by Gasteiger charge is -2.25. The summed E-state index contributed by atoms with van der Waals surface area (Å²) in [5.74, 6) is 0.768. The number of aromatic nitrogens is 3. The number of thiazole rings is 1. The van der Waals surface area contributed by atoms with E-state index in [4.69, 9.17) is 4.98 Å². The highest BCUT2D eigenvalue weighted by atomic mass is 32.1. The second kappa shape index (κ2) is 5.97. The monoisotopic (exact) mass is 288 g/mol. The Morgan fingerprint density at radius 1 is 1.40 bits per heavy atom. The van der Waals surface area contributed by atoms with Crippen LogP contribution in [0.3, 0.4) is 0 Å². The summed E-state index contributed by atoms with van der Waals surface area (Å²) in [6, 6.07) is 0.421. The van der Waals surface area contributed by atoms with Crippen molar-refractivity contribution < 1.29 is 0 Å². The predicted octanol–water partition coefficient (Wildman–Crippen LogP) is 3.29. The summed E-state index contributed by atoms with van der Waals surface area (Å²) in [6.45, 7) is 5.26. The molecule has 2 heterocycles. The topological polar surface area (TPSA) is 50.7 Å². The summed E-state index contributed by atoms with van der Waals surface area (Å²) < 4.78 is 0. The second-order valence-electron chi connectivity index (χ2n) is 5.25. The summed E-state index contributed by atoms with van der Waals surface area (Å²) in [7, 11) is 0. The van der Waals surface area contributed by atoms with Crippen LogP contribution in [-0.4, -0.2) is 21.5 Å². The molecule has 106 valence electrons. The number of fused-ring (bicyclic) bond motifs is 1. The second-order valence-corrected chi connectivity index (χ2v) is 6.31. The molecule has 2 aromatic rings. The van der Waals surface area contributed by atoms with Gasteiger partial charge < -0.3 is 5.32 Å². The SMILES string of the molecule is CCCNC1CCCc2nc(-c3csc(C)n3)ncc21. The molecule has 0 fully saturated rings. The van der Waals surface area contributed by atoms with Gasteiger partial charge in [-0.25, -0.2) is 15.0 Å². The van der Waals surface area contributed by atoms with E-state index in [-0.39, 0.29) is 0 Å². The Morgan fingerprint density at radius 2 is 2.30 bits per heavy atom. The van der Waals surface area contributed by atoms with Gasteiger partial charge in [0.25, 0.3) is 0 Å². The van der Waals surface area contributed by atoms with Crippen LogP contribution < -0.4 is 5.32 Å². The molecule has 20 heavy (non-hydrogen) atoms. The Bertz CT molecular complexity index is 593. The van der Waals surface area contributed by atoms with E-state index in [1.165, 1.54) is 24.1 Å². The van der Waals surface area contributed by atoms with E-state index >= 15 is 0 Å². The standard InChI is InChI=1S/C15H20N4S/c1-3-7-16-12-5-4-6-13-11(12)8-17-15(19-13)14-9-20-10(2)18-14/h8-9,12,16H,3-7H2,1-2H3. The highest BCUT2D eigenvalue weighted by Crippen LogP contribution is 2.29. The maximum absolute atomic E-state index is 4.75. The molecule has 0 radical (unpaired) electrons. The van der Waals surface area contributed by atoms with Crippen LogP contribution in [0.1, 0.15) is 48.5 Å². The van der Waals surface area contributed by atoms with Crippen molar-refractivity contribution in [2.45, 2.75) is 45.6 Å². The molecule has 5 heteroatoms. The van der Waals surface area contributed by atoms with E-state index in [2.05, 4.69) is 22.2 Å². The van der Waals surface area contributed by atoms with Gasteiger partial charge in [-0.05, 0) is 39.2 Å². The molecule has 1 aliphatic rings. The van der Waals surface area contributed by atoms with E-state index in [1.54, 1.807) is 11.3 Å². The molecule has 0 aromatic carbocycles. The number of rotatable bonds is 4. The molecule has 0 saturated carbocycles. The average molecular weight is 288 g/mol. The van der Waals surface area contributed by atoms with E-state index in [0.29, 0.717) is 6.04 Å². The van der Waals surface area contributed by atoms with Gasteiger partial charge in [-0.1, -0.05) is 6.92 Å². The number of hydrogen-bond acceptors (Lipinski definition) is 5. The van der Waals surface area contributed by atoms with Crippen LogP contribution in [-0.2, 0) is 6.42 Å². The molecular weight excluding hydrogens is 268 g/mol. The third-order valence-corrected chi connectivity index (χ3v) is 4.44. The normalized spacial score (nSPS) is 18.0. The van der Waals surface area contributed by atoms with Crippen LogP contribution in [0, 0.1) is 6.92 Å². The Balaban J connectivity index is 1.88. The van der Waals surface area contributed by atoms with Crippen molar-refractivity contribution in [2.24, 2.45) is 0 Å². The van der Waals surface area contributed by atoms with Crippen molar-refractivity contribution in [2.75, 3.05) is 6.54 Å². The van der Waals surface area contributed by atoms with Gasteiger partial charge in [-0.15, -0.1) is 11.3 Å². The minimum atomic E-state index is 0.421. The molecule has 1 aliphatic carbocycles. The molecule has 1 unspecified atom stereocenters. The third kappa shape index (κ3) is 2.74. The molecule has 1 N–H and O–H groups in total. The fraction of sp³-hybridized carbons (Fsp3) is 0.533. The number of aryl methyl sites for hydroxylation is 2. The van der Waals surface area contributed by atoms with Gasteiger partial charge in [0, 0.05) is 28.9 Å². The lowest BCUT2D eigenvalue weighted by Crippen LogP contribution is -2.26. The van der Waals surface area contributed by atoms with Gasteiger partial charge in [-0.2, -0.15) is 0 Å². The highest BCUT2D eigenvalue weighted by Gasteiger charge is 2.22. The first-order chi connectivity index (χ1) is 9.78. The quantitative estimate of drug-likeness (QED) is 0.938. The first-order valence-corrected chi connectivity index (χ1v) is 8.17. The Kier molecular flexibility index (Phi) is 4.08. The minimum Gasteiger partial charge on any atom is -0.310 e. The van der Waals surface area contributed by atoms with Gasteiger partial charge >= 0.3 is 0 Å². The largest absolute Gasteiger partial charge is 0.310 e. The lowest BCUT2D eigenvalue weighted by atomic mass is 9.92. The molecule has 3 rings (SSSR count). The fourth-order valence-corrected chi connectivity index (χ4v) is 3.26. The van der Waals surface area contributed by atoms with Crippen molar-refractivity contribution >= 4 is 11.3 Å². The maximum Gasteiger partial charge on any atom is 0.179 e. The fourth-order valence-electron chi connectivity index (χ4n) is 2.67. The zero-order chi connectivity index (χ0) is 13.9. The number of nitrogens with zero attached hydrogens (tertiary/aromatic N) is 3.